The fraction of sp³-hybridized carbons (Fsp3) is 0.0625. The summed E-state index contributed by atoms with van der Waals surface area (Å²) in [5.74, 6) is -1.16. The lowest BCUT2D eigenvalue weighted by atomic mass is 10.1. The third-order valence-corrected chi connectivity index (χ3v) is 4.93. The van der Waals surface area contributed by atoms with Gasteiger partial charge in [-0.25, -0.2) is 13.2 Å². The van der Waals surface area contributed by atoms with E-state index in [2.05, 4.69) is 9.71 Å². The molecule has 0 radical (unpaired) electrons. The molecule has 1 heterocycles. The summed E-state index contributed by atoms with van der Waals surface area (Å²) in [6, 6.07) is 11.0. The second-order valence-corrected chi connectivity index (χ2v) is 6.85. The van der Waals surface area contributed by atoms with Gasteiger partial charge in [0.2, 0.25) is 0 Å². The van der Waals surface area contributed by atoms with Crippen molar-refractivity contribution in [3.63, 3.8) is 0 Å². The Hall–Kier alpha value is -2.80. The number of carboxylic acids is 1. The summed E-state index contributed by atoms with van der Waals surface area (Å²) in [4.78, 5) is 14.1. The topological polar surface area (TPSA) is 99.3 Å². The number of carboxylic acid groups (broad SMARTS) is 1. The van der Waals surface area contributed by atoms with Crippen molar-refractivity contribution < 1.29 is 18.3 Å². The number of hydrogen-bond acceptors (Lipinski definition) is 3. The minimum atomic E-state index is -3.86. The fourth-order valence-electron chi connectivity index (χ4n) is 2.33. The SMILES string of the molecule is Cc1ccc(S(=O)(=O)Nc2ccc3[nH]ccc3c2)cc1C(=O)O. The fourth-order valence-corrected chi connectivity index (χ4v) is 3.40. The highest BCUT2D eigenvalue weighted by Crippen LogP contribution is 2.22. The lowest BCUT2D eigenvalue weighted by Crippen LogP contribution is -2.14. The molecule has 1 aromatic heterocycles. The number of aromatic amines is 1. The van der Waals surface area contributed by atoms with Crippen LogP contribution in [0.15, 0.2) is 53.6 Å². The molecule has 3 N–H and O–H groups in total. The van der Waals surface area contributed by atoms with Crippen LogP contribution in [-0.2, 0) is 10.0 Å². The highest BCUT2D eigenvalue weighted by Gasteiger charge is 2.18. The molecule has 0 spiro atoms. The summed E-state index contributed by atoms with van der Waals surface area (Å²) in [6.45, 7) is 1.62. The van der Waals surface area contributed by atoms with Gasteiger partial charge in [-0.3, -0.25) is 4.72 Å². The van der Waals surface area contributed by atoms with E-state index in [9.17, 15) is 13.2 Å². The maximum atomic E-state index is 12.5. The smallest absolute Gasteiger partial charge is 0.335 e. The van der Waals surface area contributed by atoms with Gasteiger partial charge in [0.15, 0.2) is 0 Å². The molecule has 0 bridgehead atoms. The second-order valence-electron chi connectivity index (χ2n) is 5.17. The number of nitrogens with one attached hydrogen (secondary N) is 2. The van der Waals surface area contributed by atoms with Gasteiger partial charge in [0.25, 0.3) is 10.0 Å². The van der Waals surface area contributed by atoms with Gasteiger partial charge in [0.05, 0.1) is 10.5 Å². The summed E-state index contributed by atoms with van der Waals surface area (Å²) in [7, 11) is -3.86. The van der Waals surface area contributed by atoms with E-state index in [0.29, 0.717) is 11.3 Å². The maximum Gasteiger partial charge on any atom is 0.335 e. The zero-order chi connectivity index (χ0) is 16.6. The van der Waals surface area contributed by atoms with Crippen LogP contribution in [0, 0.1) is 6.92 Å². The highest BCUT2D eigenvalue weighted by molar-refractivity contribution is 7.92. The van der Waals surface area contributed by atoms with Gasteiger partial charge >= 0.3 is 5.97 Å². The van der Waals surface area contributed by atoms with E-state index in [4.69, 9.17) is 5.11 Å². The molecule has 118 valence electrons. The molecule has 0 aliphatic carbocycles. The van der Waals surface area contributed by atoms with Crippen molar-refractivity contribution in [3.8, 4) is 0 Å². The zero-order valence-corrected chi connectivity index (χ0v) is 13.0. The lowest BCUT2D eigenvalue weighted by molar-refractivity contribution is 0.0696. The first-order valence-corrected chi connectivity index (χ1v) is 8.29. The summed E-state index contributed by atoms with van der Waals surface area (Å²) < 4.78 is 27.4. The van der Waals surface area contributed by atoms with Crippen molar-refractivity contribution in [2.75, 3.05) is 4.72 Å². The molecule has 0 fully saturated rings. The van der Waals surface area contributed by atoms with E-state index in [1.54, 1.807) is 31.3 Å². The minimum Gasteiger partial charge on any atom is -0.478 e. The van der Waals surface area contributed by atoms with Gasteiger partial charge in [-0.2, -0.15) is 0 Å². The van der Waals surface area contributed by atoms with Crippen molar-refractivity contribution >= 4 is 32.6 Å². The van der Waals surface area contributed by atoms with E-state index < -0.39 is 16.0 Å². The number of fused-ring (bicyclic) bond motifs is 1. The summed E-state index contributed by atoms with van der Waals surface area (Å²) >= 11 is 0. The third-order valence-electron chi connectivity index (χ3n) is 3.56. The number of hydrogen-bond donors (Lipinski definition) is 3. The predicted octanol–water partition coefficient (Wildman–Crippen LogP) is 2.98. The van der Waals surface area contributed by atoms with Crippen LogP contribution < -0.4 is 4.72 Å². The van der Waals surface area contributed by atoms with Crippen molar-refractivity contribution in [2.24, 2.45) is 0 Å². The van der Waals surface area contributed by atoms with Crippen molar-refractivity contribution in [1.29, 1.82) is 0 Å². The molecule has 0 aliphatic heterocycles. The van der Waals surface area contributed by atoms with Crippen LogP contribution in [0.5, 0.6) is 0 Å². The van der Waals surface area contributed by atoms with Crippen molar-refractivity contribution in [2.45, 2.75) is 11.8 Å². The molecule has 0 saturated heterocycles. The number of rotatable bonds is 4. The Balaban J connectivity index is 1.98. The zero-order valence-electron chi connectivity index (χ0n) is 12.2. The number of aryl methyl sites for hydroxylation is 1. The second kappa shape index (κ2) is 5.44. The molecule has 6 nitrogen and oxygen atoms in total. The van der Waals surface area contributed by atoms with E-state index >= 15 is 0 Å². The number of aromatic carboxylic acids is 1. The molecule has 7 heteroatoms. The quantitative estimate of drug-likeness (QED) is 0.685. The van der Waals surface area contributed by atoms with Crippen molar-refractivity contribution in [1.82, 2.24) is 4.98 Å². The van der Waals surface area contributed by atoms with Gasteiger partial charge in [0, 0.05) is 22.8 Å². The maximum absolute atomic E-state index is 12.5. The number of carbonyl (C=O) groups is 1. The van der Waals surface area contributed by atoms with Crippen LogP contribution in [0.3, 0.4) is 0 Å². The average Bonchev–Trinajstić information content (AvgIpc) is 2.94. The van der Waals surface area contributed by atoms with E-state index in [-0.39, 0.29) is 10.5 Å². The average molecular weight is 330 g/mol. The first-order valence-electron chi connectivity index (χ1n) is 6.81. The Kier molecular flexibility index (Phi) is 3.57. The van der Waals surface area contributed by atoms with Crippen LogP contribution in [0.4, 0.5) is 5.69 Å². The van der Waals surface area contributed by atoms with Crippen LogP contribution in [-0.4, -0.2) is 24.5 Å². The van der Waals surface area contributed by atoms with Gasteiger partial charge in [0.1, 0.15) is 0 Å². The highest BCUT2D eigenvalue weighted by atomic mass is 32.2. The lowest BCUT2D eigenvalue weighted by Gasteiger charge is -2.10. The molecule has 0 atom stereocenters. The van der Waals surface area contributed by atoms with Crippen LogP contribution >= 0.6 is 0 Å². The molecule has 3 rings (SSSR count). The molecule has 3 aromatic rings. The van der Waals surface area contributed by atoms with Crippen LogP contribution in [0.25, 0.3) is 10.9 Å². The van der Waals surface area contributed by atoms with Crippen LogP contribution in [0.2, 0.25) is 0 Å². The van der Waals surface area contributed by atoms with Gasteiger partial charge in [-0.05, 0) is 48.9 Å². The largest absolute Gasteiger partial charge is 0.478 e. The van der Waals surface area contributed by atoms with Gasteiger partial charge in [-0.1, -0.05) is 6.07 Å². The number of anilines is 1. The minimum absolute atomic E-state index is 0.0334. The number of H-pyrrole nitrogens is 1. The Morgan fingerprint density at radius 3 is 2.65 bits per heavy atom. The molecular weight excluding hydrogens is 316 g/mol. The van der Waals surface area contributed by atoms with Gasteiger partial charge < -0.3 is 10.1 Å². The Morgan fingerprint density at radius 1 is 1.13 bits per heavy atom. The Morgan fingerprint density at radius 2 is 1.91 bits per heavy atom. The first kappa shape index (κ1) is 15.1. The standard InChI is InChI=1S/C16H14N2O4S/c1-10-2-4-13(9-14(10)16(19)20)23(21,22)18-12-3-5-15-11(8-12)6-7-17-15/h2-9,17-18H,1H3,(H,19,20). The molecule has 23 heavy (non-hydrogen) atoms. The predicted molar refractivity (Wildman–Crippen MR) is 87.2 cm³/mol. The normalized spacial score (nSPS) is 11.5. The molecule has 0 saturated carbocycles. The number of sulfonamides is 1. The molecule has 2 aromatic carbocycles. The number of benzene rings is 2. The van der Waals surface area contributed by atoms with Crippen molar-refractivity contribution in [3.05, 3.63) is 59.8 Å². The summed E-state index contributed by atoms with van der Waals surface area (Å²) in [5, 5.41) is 10.00. The monoisotopic (exact) mass is 330 g/mol. The molecule has 0 aliphatic rings. The third kappa shape index (κ3) is 2.91. The number of aromatic nitrogens is 1. The first-order chi connectivity index (χ1) is 10.9. The van der Waals surface area contributed by atoms with E-state index in [1.807, 2.05) is 6.07 Å². The van der Waals surface area contributed by atoms with E-state index in [0.717, 1.165) is 17.0 Å². The molecule has 0 amide bonds. The Bertz CT molecular complexity index is 1010. The van der Waals surface area contributed by atoms with Gasteiger partial charge in [-0.15, -0.1) is 0 Å². The summed E-state index contributed by atoms with van der Waals surface area (Å²) in [5.41, 5.74) is 1.78. The Labute approximate surface area is 132 Å². The molecular formula is C16H14N2O4S. The summed E-state index contributed by atoms with van der Waals surface area (Å²) in [6.07, 6.45) is 1.77. The van der Waals surface area contributed by atoms with E-state index in [1.165, 1.54) is 12.1 Å². The molecule has 0 unspecified atom stereocenters. The van der Waals surface area contributed by atoms with Crippen LogP contribution in [0.1, 0.15) is 15.9 Å².